The molecule has 1 saturated heterocycles. The van der Waals surface area contributed by atoms with Gasteiger partial charge in [-0.2, -0.15) is 0 Å². The molecular formula is C20H36O8. The van der Waals surface area contributed by atoms with Gasteiger partial charge in [0.2, 0.25) is 0 Å². The van der Waals surface area contributed by atoms with E-state index >= 15 is 0 Å². The predicted octanol–water partition coefficient (Wildman–Crippen LogP) is 2.68. The van der Waals surface area contributed by atoms with Crippen LogP contribution in [-0.2, 0) is 38.0 Å². The molecule has 0 spiro atoms. The van der Waals surface area contributed by atoms with Crippen molar-refractivity contribution < 1.29 is 38.0 Å². The molecule has 1 heterocycles. The minimum absolute atomic E-state index is 0.0825. The molecule has 1 rings (SSSR count). The van der Waals surface area contributed by atoms with Gasteiger partial charge in [0.05, 0.1) is 30.7 Å². The largest absolute Gasteiger partial charge is 0.463 e. The molecule has 0 bridgehead atoms. The summed E-state index contributed by atoms with van der Waals surface area (Å²) in [5, 5.41) is 0. The summed E-state index contributed by atoms with van der Waals surface area (Å²) in [5.74, 6) is -1.79. The molecule has 164 valence electrons. The Balaban J connectivity index is 2.45. The maximum absolute atomic E-state index is 12.5. The molecule has 1 aliphatic heterocycles. The van der Waals surface area contributed by atoms with Gasteiger partial charge < -0.3 is 28.4 Å². The lowest BCUT2D eigenvalue weighted by atomic mass is 9.75. The monoisotopic (exact) mass is 404 g/mol. The maximum Gasteiger partial charge on any atom is 0.311 e. The first-order valence-corrected chi connectivity index (χ1v) is 9.84. The average molecular weight is 405 g/mol. The fraction of sp³-hybridized carbons (Fsp3) is 0.900. The van der Waals surface area contributed by atoms with Crippen LogP contribution in [-0.4, -0.2) is 64.7 Å². The summed E-state index contributed by atoms with van der Waals surface area (Å²) in [4.78, 5) is 24.8. The predicted molar refractivity (Wildman–Crippen MR) is 101 cm³/mol. The van der Waals surface area contributed by atoms with Crippen LogP contribution in [0, 0.1) is 10.8 Å². The standard InChI is InChI=1S/C20H36O8/c1-7-26-20(9-8-10-27-20)28-14-13-25-17(22)19(4,5)15-18(2,3)16(21)24-12-11-23-6/h7-15H2,1-6H3. The number of methoxy groups -OCH3 is 1. The lowest BCUT2D eigenvalue weighted by Gasteiger charge is -2.32. The van der Waals surface area contributed by atoms with Gasteiger partial charge in [0.25, 0.3) is 5.97 Å². The third kappa shape index (κ3) is 7.66. The summed E-state index contributed by atoms with van der Waals surface area (Å²) < 4.78 is 32.2. The zero-order valence-electron chi connectivity index (χ0n) is 18.1. The molecule has 0 aliphatic carbocycles. The molecule has 0 aromatic carbocycles. The summed E-state index contributed by atoms with van der Waals surface area (Å²) in [6.45, 7) is 10.7. The van der Waals surface area contributed by atoms with Gasteiger partial charge in [0.1, 0.15) is 13.2 Å². The molecule has 1 atom stereocenters. The molecule has 1 fully saturated rings. The minimum Gasteiger partial charge on any atom is -0.463 e. The Morgan fingerprint density at radius 1 is 0.929 bits per heavy atom. The van der Waals surface area contributed by atoms with E-state index < -0.39 is 22.8 Å². The van der Waals surface area contributed by atoms with Crippen LogP contribution in [0.4, 0.5) is 0 Å². The second-order valence-electron chi connectivity index (χ2n) is 8.13. The van der Waals surface area contributed by atoms with Crippen molar-refractivity contribution in [3.63, 3.8) is 0 Å². The fourth-order valence-corrected chi connectivity index (χ4v) is 3.27. The van der Waals surface area contributed by atoms with Gasteiger partial charge in [0.15, 0.2) is 0 Å². The van der Waals surface area contributed by atoms with Gasteiger partial charge in [-0.15, -0.1) is 0 Å². The highest BCUT2D eigenvalue weighted by Gasteiger charge is 2.41. The number of carbonyl (C=O) groups is 2. The van der Waals surface area contributed by atoms with Crippen molar-refractivity contribution in [3.05, 3.63) is 0 Å². The Hall–Kier alpha value is -1.22. The second kappa shape index (κ2) is 11.1. The van der Waals surface area contributed by atoms with Gasteiger partial charge >= 0.3 is 11.9 Å². The molecule has 28 heavy (non-hydrogen) atoms. The van der Waals surface area contributed by atoms with Gasteiger partial charge in [-0.1, -0.05) is 0 Å². The summed E-state index contributed by atoms with van der Waals surface area (Å²) in [7, 11) is 1.54. The van der Waals surface area contributed by atoms with E-state index in [0.717, 1.165) is 6.42 Å². The van der Waals surface area contributed by atoms with Gasteiger partial charge in [-0.25, -0.2) is 0 Å². The molecule has 8 nitrogen and oxygen atoms in total. The normalized spacial score (nSPS) is 20.2. The van der Waals surface area contributed by atoms with Crippen LogP contribution in [0.3, 0.4) is 0 Å². The lowest BCUT2D eigenvalue weighted by Crippen LogP contribution is -2.39. The summed E-state index contributed by atoms with van der Waals surface area (Å²) in [6, 6.07) is 0. The van der Waals surface area contributed by atoms with Crippen LogP contribution >= 0.6 is 0 Å². The van der Waals surface area contributed by atoms with E-state index in [2.05, 4.69) is 0 Å². The van der Waals surface area contributed by atoms with Crippen LogP contribution in [0.5, 0.6) is 0 Å². The van der Waals surface area contributed by atoms with Crippen molar-refractivity contribution in [1.29, 1.82) is 0 Å². The van der Waals surface area contributed by atoms with Crippen molar-refractivity contribution in [2.45, 2.75) is 59.9 Å². The Kier molecular flexibility index (Phi) is 9.83. The number of hydrogen-bond acceptors (Lipinski definition) is 8. The van der Waals surface area contributed by atoms with Crippen molar-refractivity contribution in [1.82, 2.24) is 0 Å². The molecular weight excluding hydrogens is 368 g/mol. The Bertz CT molecular complexity index is 494. The molecule has 0 aromatic heterocycles. The van der Waals surface area contributed by atoms with E-state index in [1.165, 1.54) is 7.11 Å². The first-order chi connectivity index (χ1) is 13.1. The Morgan fingerprint density at radius 3 is 1.96 bits per heavy atom. The topological polar surface area (TPSA) is 89.5 Å². The molecule has 0 radical (unpaired) electrons. The van der Waals surface area contributed by atoms with E-state index in [1.54, 1.807) is 27.7 Å². The third-order valence-corrected chi connectivity index (χ3v) is 4.46. The van der Waals surface area contributed by atoms with Crippen LogP contribution in [0.2, 0.25) is 0 Å². The maximum atomic E-state index is 12.5. The SMILES string of the molecule is CCOC1(OCCOC(=O)C(C)(C)CC(C)(C)C(=O)OCCOC)CCCO1. The van der Waals surface area contributed by atoms with Crippen LogP contribution in [0.15, 0.2) is 0 Å². The van der Waals surface area contributed by atoms with Crippen molar-refractivity contribution in [3.8, 4) is 0 Å². The van der Waals surface area contributed by atoms with Crippen LogP contribution in [0.1, 0.15) is 53.9 Å². The van der Waals surface area contributed by atoms with Gasteiger partial charge in [-0.3, -0.25) is 9.59 Å². The van der Waals surface area contributed by atoms with E-state index in [1.807, 2.05) is 6.92 Å². The van der Waals surface area contributed by atoms with E-state index in [-0.39, 0.29) is 32.2 Å². The molecule has 0 saturated carbocycles. The molecule has 8 heteroatoms. The number of ether oxygens (including phenoxy) is 6. The molecule has 1 aliphatic rings. The van der Waals surface area contributed by atoms with Crippen LogP contribution in [0.25, 0.3) is 0 Å². The fourth-order valence-electron chi connectivity index (χ4n) is 3.27. The highest BCUT2D eigenvalue weighted by molar-refractivity contribution is 5.80. The lowest BCUT2D eigenvalue weighted by molar-refractivity contribution is -0.361. The highest BCUT2D eigenvalue weighted by Crippen LogP contribution is 2.36. The van der Waals surface area contributed by atoms with Crippen LogP contribution < -0.4 is 0 Å². The Morgan fingerprint density at radius 2 is 1.50 bits per heavy atom. The van der Waals surface area contributed by atoms with Crippen molar-refractivity contribution >= 4 is 11.9 Å². The zero-order valence-corrected chi connectivity index (χ0v) is 18.1. The minimum atomic E-state index is -1.02. The van der Waals surface area contributed by atoms with E-state index in [0.29, 0.717) is 26.2 Å². The molecule has 1 unspecified atom stereocenters. The Labute approximate surface area is 168 Å². The number of carbonyl (C=O) groups excluding carboxylic acids is 2. The van der Waals surface area contributed by atoms with Crippen molar-refractivity contribution in [2.24, 2.45) is 10.8 Å². The van der Waals surface area contributed by atoms with Gasteiger partial charge in [-0.05, 0) is 47.5 Å². The van der Waals surface area contributed by atoms with Crippen molar-refractivity contribution in [2.75, 3.05) is 46.8 Å². The quantitative estimate of drug-likeness (QED) is 0.263. The van der Waals surface area contributed by atoms with E-state index in [4.69, 9.17) is 28.4 Å². The number of rotatable bonds is 13. The zero-order chi connectivity index (χ0) is 21.3. The highest BCUT2D eigenvalue weighted by atomic mass is 16.9. The third-order valence-electron chi connectivity index (χ3n) is 4.46. The summed E-state index contributed by atoms with van der Waals surface area (Å²) in [5.41, 5.74) is -1.69. The van der Waals surface area contributed by atoms with Gasteiger partial charge in [0, 0.05) is 20.1 Å². The average Bonchev–Trinajstić information content (AvgIpc) is 3.06. The first kappa shape index (κ1) is 24.8. The molecule has 0 aromatic rings. The smallest absolute Gasteiger partial charge is 0.311 e. The number of esters is 2. The van der Waals surface area contributed by atoms with E-state index in [9.17, 15) is 9.59 Å². The first-order valence-electron chi connectivity index (χ1n) is 9.84. The molecule has 0 amide bonds. The summed E-state index contributed by atoms with van der Waals surface area (Å²) >= 11 is 0. The molecule has 0 N–H and O–H groups in total. The second-order valence-corrected chi connectivity index (χ2v) is 8.13. The number of hydrogen-bond donors (Lipinski definition) is 0. The summed E-state index contributed by atoms with van der Waals surface area (Å²) in [6.07, 6.45) is 1.81.